The van der Waals surface area contributed by atoms with Crippen molar-refractivity contribution in [2.75, 3.05) is 37.3 Å². The Bertz CT molecular complexity index is 768. The van der Waals surface area contributed by atoms with Crippen molar-refractivity contribution in [2.45, 2.75) is 52.9 Å². The molecule has 5 heteroatoms. The van der Waals surface area contributed by atoms with Gasteiger partial charge in [0.15, 0.2) is 0 Å². The molecule has 1 atom stereocenters. The van der Waals surface area contributed by atoms with Gasteiger partial charge in [-0.1, -0.05) is 19.9 Å². The second kappa shape index (κ2) is 9.87. The third-order valence-corrected chi connectivity index (χ3v) is 5.63. The molecule has 0 unspecified atom stereocenters. The lowest BCUT2D eigenvalue weighted by molar-refractivity contribution is 0.280. The van der Waals surface area contributed by atoms with Gasteiger partial charge in [-0.3, -0.25) is 0 Å². The normalized spacial score (nSPS) is 15.6. The number of anilines is 3. The maximum atomic E-state index is 4.51. The third-order valence-electron chi connectivity index (χ3n) is 5.63. The summed E-state index contributed by atoms with van der Waals surface area (Å²) in [5, 5.41) is 6.48. The summed E-state index contributed by atoms with van der Waals surface area (Å²) in [6, 6.07) is 8.61. The number of hydrogen-bond acceptors (Lipinski definition) is 5. The van der Waals surface area contributed by atoms with E-state index in [-0.39, 0.29) is 0 Å². The number of likely N-dealkylation sites (tertiary alicyclic amines) is 1. The van der Waals surface area contributed by atoms with Crippen molar-refractivity contribution in [3.8, 4) is 0 Å². The highest BCUT2D eigenvalue weighted by atomic mass is 15.1. The van der Waals surface area contributed by atoms with Crippen LogP contribution in [-0.2, 0) is 12.8 Å². The summed E-state index contributed by atoms with van der Waals surface area (Å²) >= 11 is 0. The molecule has 0 aliphatic carbocycles. The van der Waals surface area contributed by atoms with E-state index in [0.29, 0.717) is 5.95 Å². The van der Waals surface area contributed by atoms with Crippen molar-refractivity contribution in [1.29, 1.82) is 0 Å². The zero-order valence-electron chi connectivity index (χ0n) is 17.9. The lowest BCUT2D eigenvalue weighted by Crippen LogP contribution is -2.25. The molecule has 2 N–H and O–H groups in total. The number of nitrogens with one attached hydrogen (secondary N) is 2. The number of rotatable bonds is 9. The summed E-state index contributed by atoms with van der Waals surface area (Å²) < 4.78 is 0. The molecule has 1 aliphatic rings. The Balaban J connectivity index is 1.66. The molecule has 1 saturated heterocycles. The maximum Gasteiger partial charge on any atom is 0.229 e. The van der Waals surface area contributed by atoms with E-state index < -0.39 is 0 Å². The van der Waals surface area contributed by atoms with Gasteiger partial charge in [-0.25, -0.2) is 4.98 Å². The third kappa shape index (κ3) is 5.68. The van der Waals surface area contributed by atoms with E-state index in [0.717, 1.165) is 36.0 Å². The number of aromatic nitrogens is 2. The van der Waals surface area contributed by atoms with Gasteiger partial charge >= 0.3 is 0 Å². The summed E-state index contributed by atoms with van der Waals surface area (Å²) in [4.78, 5) is 11.6. The highest BCUT2D eigenvalue weighted by Crippen LogP contribution is 2.23. The van der Waals surface area contributed by atoms with Crippen LogP contribution in [0.2, 0.25) is 0 Å². The fraction of sp³-hybridized carbons (Fsp3) is 0.565. The molecule has 152 valence electrons. The van der Waals surface area contributed by atoms with Gasteiger partial charge in [0.25, 0.3) is 0 Å². The molecule has 1 fully saturated rings. The van der Waals surface area contributed by atoms with Crippen LogP contribution in [0.3, 0.4) is 0 Å². The minimum absolute atomic E-state index is 0.641. The predicted molar refractivity (Wildman–Crippen MR) is 119 cm³/mol. The van der Waals surface area contributed by atoms with Crippen molar-refractivity contribution in [1.82, 2.24) is 14.9 Å². The van der Waals surface area contributed by atoms with Gasteiger partial charge in [-0.05, 0) is 81.3 Å². The molecule has 2 aromatic rings. The topological polar surface area (TPSA) is 53.1 Å². The molecule has 0 radical (unpaired) electrons. The minimum Gasteiger partial charge on any atom is -0.373 e. The SMILES string of the molecule is CCc1ccc(Nc2nc(C)cc(NC)n2)cc1CC[C@H](C)CN1CCCC1. The molecule has 5 nitrogen and oxygen atoms in total. The van der Waals surface area contributed by atoms with E-state index in [1.807, 2.05) is 20.0 Å². The zero-order chi connectivity index (χ0) is 19.9. The van der Waals surface area contributed by atoms with Gasteiger partial charge in [0.1, 0.15) is 5.82 Å². The Morgan fingerprint density at radius 3 is 2.61 bits per heavy atom. The van der Waals surface area contributed by atoms with Gasteiger partial charge < -0.3 is 15.5 Å². The van der Waals surface area contributed by atoms with Crippen LogP contribution in [0.1, 0.15) is 49.9 Å². The number of aryl methyl sites for hydroxylation is 3. The molecule has 0 saturated carbocycles. The molecule has 0 bridgehead atoms. The van der Waals surface area contributed by atoms with Crippen molar-refractivity contribution in [3.63, 3.8) is 0 Å². The Labute approximate surface area is 170 Å². The van der Waals surface area contributed by atoms with Gasteiger partial charge in [0, 0.05) is 31.0 Å². The first kappa shape index (κ1) is 20.6. The van der Waals surface area contributed by atoms with Crippen LogP contribution in [0.15, 0.2) is 24.3 Å². The van der Waals surface area contributed by atoms with Crippen LogP contribution >= 0.6 is 0 Å². The Hall–Kier alpha value is -2.14. The van der Waals surface area contributed by atoms with Crippen molar-refractivity contribution in [2.24, 2.45) is 5.92 Å². The molecular weight excluding hydrogens is 346 g/mol. The summed E-state index contributed by atoms with van der Waals surface area (Å²) in [5.74, 6) is 2.20. The average Bonchev–Trinajstić information content (AvgIpc) is 3.19. The molecule has 1 aliphatic heterocycles. The molecule has 1 aromatic heterocycles. The smallest absolute Gasteiger partial charge is 0.229 e. The Morgan fingerprint density at radius 2 is 1.89 bits per heavy atom. The summed E-state index contributed by atoms with van der Waals surface area (Å²) in [7, 11) is 1.88. The summed E-state index contributed by atoms with van der Waals surface area (Å²) in [6.07, 6.45) is 6.18. The highest BCUT2D eigenvalue weighted by molar-refractivity contribution is 5.57. The Kier molecular flexibility index (Phi) is 7.26. The fourth-order valence-electron chi connectivity index (χ4n) is 4.06. The first-order valence-electron chi connectivity index (χ1n) is 10.7. The molecule has 0 amide bonds. The minimum atomic E-state index is 0.641. The monoisotopic (exact) mass is 381 g/mol. The number of nitrogens with zero attached hydrogens (tertiary/aromatic N) is 3. The first-order chi connectivity index (χ1) is 13.6. The van der Waals surface area contributed by atoms with Gasteiger partial charge in [0.05, 0.1) is 0 Å². The average molecular weight is 382 g/mol. The van der Waals surface area contributed by atoms with Crippen LogP contribution < -0.4 is 10.6 Å². The fourth-order valence-corrected chi connectivity index (χ4v) is 4.06. The standard InChI is InChI=1S/C23H35N5/c1-5-19-10-11-21(26-23-25-18(3)14-22(24-4)27-23)15-20(19)9-8-17(2)16-28-12-6-7-13-28/h10-11,14-15,17H,5-9,12-13,16H2,1-4H3,(H2,24,25,26,27)/t17-/m0/s1. The second-order valence-electron chi connectivity index (χ2n) is 8.08. The zero-order valence-corrected chi connectivity index (χ0v) is 17.9. The molecule has 0 spiro atoms. The molecule has 28 heavy (non-hydrogen) atoms. The van der Waals surface area contributed by atoms with E-state index in [4.69, 9.17) is 0 Å². The first-order valence-corrected chi connectivity index (χ1v) is 10.7. The van der Waals surface area contributed by atoms with Gasteiger partial charge in [-0.15, -0.1) is 0 Å². The van der Waals surface area contributed by atoms with Crippen molar-refractivity contribution < 1.29 is 0 Å². The quantitative estimate of drug-likeness (QED) is 0.654. The van der Waals surface area contributed by atoms with Crippen molar-refractivity contribution >= 4 is 17.5 Å². The van der Waals surface area contributed by atoms with E-state index in [1.165, 1.54) is 50.0 Å². The van der Waals surface area contributed by atoms with Crippen LogP contribution in [0.25, 0.3) is 0 Å². The van der Waals surface area contributed by atoms with E-state index in [2.05, 4.69) is 57.5 Å². The van der Waals surface area contributed by atoms with Gasteiger partial charge in [-0.2, -0.15) is 4.98 Å². The predicted octanol–water partition coefficient (Wildman–Crippen LogP) is 4.80. The van der Waals surface area contributed by atoms with Crippen LogP contribution in [0.5, 0.6) is 0 Å². The maximum absolute atomic E-state index is 4.51. The largest absolute Gasteiger partial charge is 0.373 e. The van der Waals surface area contributed by atoms with Crippen LogP contribution in [-0.4, -0.2) is 41.5 Å². The molecule has 2 heterocycles. The lowest BCUT2D eigenvalue weighted by atomic mass is 9.95. The molecular formula is C23H35N5. The van der Waals surface area contributed by atoms with Crippen LogP contribution in [0.4, 0.5) is 17.5 Å². The summed E-state index contributed by atoms with van der Waals surface area (Å²) in [5.41, 5.74) is 4.90. The summed E-state index contributed by atoms with van der Waals surface area (Å²) in [6.45, 7) is 10.4. The number of benzene rings is 1. The van der Waals surface area contributed by atoms with Crippen LogP contribution in [0, 0.1) is 12.8 Å². The lowest BCUT2D eigenvalue weighted by Gasteiger charge is -2.21. The molecule has 3 rings (SSSR count). The van der Waals surface area contributed by atoms with Crippen molar-refractivity contribution in [3.05, 3.63) is 41.1 Å². The van der Waals surface area contributed by atoms with E-state index in [9.17, 15) is 0 Å². The number of hydrogen-bond donors (Lipinski definition) is 2. The highest BCUT2D eigenvalue weighted by Gasteiger charge is 2.15. The second-order valence-corrected chi connectivity index (χ2v) is 8.08. The molecule has 1 aromatic carbocycles. The van der Waals surface area contributed by atoms with E-state index in [1.54, 1.807) is 0 Å². The van der Waals surface area contributed by atoms with Gasteiger partial charge in [0.2, 0.25) is 5.95 Å². The van der Waals surface area contributed by atoms with E-state index >= 15 is 0 Å². The Morgan fingerprint density at radius 1 is 1.11 bits per heavy atom.